The van der Waals surface area contributed by atoms with Gasteiger partial charge in [0.05, 0.1) is 6.61 Å². The minimum absolute atomic E-state index is 0.134. The van der Waals surface area contributed by atoms with Crippen LogP contribution in [0.15, 0.2) is 18.2 Å². The zero-order chi connectivity index (χ0) is 11.5. The van der Waals surface area contributed by atoms with Gasteiger partial charge in [-0.2, -0.15) is 0 Å². The van der Waals surface area contributed by atoms with Crippen LogP contribution in [0.2, 0.25) is 0 Å². The Morgan fingerprint density at radius 1 is 1.47 bits per heavy atom. The lowest BCUT2D eigenvalue weighted by molar-refractivity contribution is -0.126. The van der Waals surface area contributed by atoms with E-state index in [9.17, 15) is 4.79 Å². The smallest absolute Gasteiger partial charge is 0.143 e. The maximum atomic E-state index is 12.2. The third-order valence-corrected chi connectivity index (χ3v) is 4.84. The van der Waals surface area contributed by atoms with Gasteiger partial charge in [-0.25, -0.2) is 0 Å². The number of benzene rings is 1. The molecule has 0 spiro atoms. The Hall–Kier alpha value is -1.31. The van der Waals surface area contributed by atoms with Gasteiger partial charge in [-0.1, -0.05) is 12.1 Å². The van der Waals surface area contributed by atoms with Crippen LogP contribution >= 0.6 is 0 Å². The molecule has 0 radical (unpaired) electrons. The van der Waals surface area contributed by atoms with Crippen LogP contribution in [0, 0.1) is 11.3 Å². The molecule has 1 heterocycles. The number of hydrogen-bond donors (Lipinski definition) is 0. The number of ether oxygens (including phenoxy) is 1. The van der Waals surface area contributed by atoms with E-state index in [-0.39, 0.29) is 5.41 Å². The SMILES string of the molecule is O=C(Cc1ccc2c(c1)CCO2)C12CCC1C2. The monoisotopic (exact) mass is 228 g/mol. The number of hydrogen-bond acceptors (Lipinski definition) is 2. The molecule has 2 unspecified atom stereocenters. The molecule has 0 amide bonds. The van der Waals surface area contributed by atoms with E-state index in [0.29, 0.717) is 12.2 Å². The van der Waals surface area contributed by atoms with Crippen molar-refractivity contribution < 1.29 is 9.53 Å². The molecule has 2 fully saturated rings. The maximum Gasteiger partial charge on any atom is 0.143 e. The Kier molecular flexibility index (Phi) is 1.78. The van der Waals surface area contributed by atoms with Crippen molar-refractivity contribution >= 4 is 5.78 Å². The minimum Gasteiger partial charge on any atom is -0.493 e. The van der Waals surface area contributed by atoms with Crippen molar-refractivity contribution in [3.8, 4) is 5.75 Å². The van der Waals surface area contributed by atoms with Crippen LogP contribution in [0.1, 0.15) is 30.4 Å². The van der Waals surface area contributed by atoms with Crippen molar-refractivity contribution in [2.75, 3.05) is 6.61 Å². The van der Waals surface area contributed by atoms with E-state index in [1.807, 2.05) is 6.07 Å². The van der Waals surface area contributed by atoms with Gasteiger partial charge >= 0.3 is 0 Å². The molecular weight excluding hydrogens is 212 g/mol. The second-order valence-corrected chi connectivity index (χ2v) is 5.74. The predicted octanol–water partition coefficient (Wildman–Crippen LogP) is 2.53. The van der Waals surface area contributed by atoms with Crippen molar-refractivity contribution in [3.05, 3.63) is 29.3 Å². The highest BCUT2D eigenvalue weighted by atomic mass is 16.5. The molecule has 0 aromatic heterocycles. The predicted molar refractivity (Wildman–Crippen MR) is 64.1 cm³/mol. The van der Waals surface area contributed by atoms with E-state index in [1.54, 1.807) is 0 Å². The summed E-state index contributed by atoms with van der Waals surface area (Å²) in [5.41, 5.74) is 2.58. The highest BCUT2D eigenvalue weighted by molar-refractivity contribution is 5.91. The zero-order valence-electron chi connectivity index (χ0n) is 9.87. The number of rotatable bonds is 3. The summed E-state index contributed by atoms with van der Waals surface area (Å²) in [6.07, 6.45) is 5.21. The van der Waals surface area contributed by atoms with Crippen molar-refractivity contribution in [1.82, 2.24) is 0 Å². The zero-order valence-corrected chi connectivity index (χ0v) is 9.87. The fraction of sp³-hybridized carbons (Fsp3) is 0.533. The average molecular weight is 228 g/mol. The van der Waals surface area contributed by atoms with Gasteiger partial charge in [-0.15, -0.1) is 0 Å². The van der Waals surface area contributed by atoms with E-state index in [0.717, 1.165) is 31.1 Å². The summed E-state index contributed by atoms with van der Waals surface area (Å²) >= 11 is 0. The van der Waals surface area contributed by atoms with Crippen LogP contribution in [-0.2, 0) is 17.6 Å². The molecule has 1 aromatic carbocycles. The molecule has 3 aliphatic rings. The third kappa shape index (κ3) is 1.30. The van der Waals surface area contributed by atoms with Gasteiger partial charge < -0.3 is 4.74 Å². The summed E-state index contributed by atoms with van der Waals surface area (Å²) < 4.78 is 5.48. The molecule has 0 saturated heterocycles. The molecule has 2 atom stereocenters. The largest absolute Gasteiger partial charge is 0.493 e. The van der Waals surface area contributed by atoms with Gasteiger partial charge in [0.15, 0.2) is 0 Å². The average Bonchev–Trinajstić information content (AvgIpc) is 2.70. The van der Waals surface area contributed by atoms with Crippen LogP contribution in [0.3, 0.4) is 0 Å². The second-order valence-electron chi connectivity index (χ2n) is 5.74. The lowest BCUT2D eigenvalue weighted by Gasteiger charge is -2.23. The topological polar surface area (TPSA) is 26.3 Å². The van der Waals surface area contributed by atoms with Crippen LogP contribution in [-0.4, -0.2) is 12.4 Å². The lowest BCUT2D eigenvalue weighted by Crippen LogP contribution is -2.26. The van der Waals surface area contributed by atoms with E-state index in [4.69, 9.17) is 4.74 Å². The Morgan fingerprint density at radius 2 is 2.41 bits per heavy atom. The summed E-state index contributed by atoms with van der Waals surface area (Å²) in [6, 6.07) is 6.23. The van der Waals surface area contributed by atoms with Crippen molar-refractivity contribution in [2.24, 2.45) is 11.3 Å². The van der Waals surface area contributed by atoms with Gasteiger partial charge in [-0.3, -0.25) is 4.79 Å². The molecule has 0 bridgehead atoms. The summed E-state index contributed by atoms with van der Waals surface area (Å²) in [6.45, 7) is 0.790. The third-order valence-electron chi connectivity index (χ3n) is 4.84. The van der Waals surface area contributed by atoms with E-state index >= 15 is 0 Å². The van der Waals surface area contributed by atoms with Gasteiger partial charge in [0.2, 0.25) is 0 Å². The molecule has 2 saturated carbocycles. The molecule has 2 heteroatoms. The number of carbonyl (C=O) groups is 1. The highest BCUT2D eigenvalue weighted by Gasteiger charge is 2.64. The normalized spacial score (nSPS) is 32.1. The van der Waals surface area contributed by atoms with Crippen LogP contribution in [0.25, 0.3) is 0 Å². The quantitative estimate of drug-likeness (QED) is 0.794. The molecule has 1 aromatic rings. The Morgan fingerprint density at radius 3 is 3.12 bits per heavy atom. The lowest BCUT2D eigenvalue weighted by atomic mass is 9.79. The molecule has 2 aliphatic carbocycles. The number of carbonyl (C=O) groups excluding carboxylic acids is 1. The number of fused-ring (bicyclic) bond motifs is 2. The van der Waals surface area contributed by atoms with E-state index < -0.39 is 0 Å². The Bertz CT molecular complexity index is 502. The van der Waals surface area contributed by atoms with Crippen LogP contribution < -0.4 is 4.74 Å². The first-order valence-electron chi connectivity index (χ1n) is 6.56. The first-order valence-corrected chi connectivity index (χ1v) is 6.56. The first kappa shape index (κ1) is 9.69. The van der Waals surface area contributed by atoms with E-state index in [1.165, 1.54) is 24.0 Å². The molecule has 4 rings (SSSR count). The van der Waals surface area contributed by atoms with Crippen LogP contribution in [0.5, 0.6) is 5.75 Å². The van der Waals surface area contributed by atoms with Gasteiger partial charge in [-0.05, 0) is 42.4 Å². The summed E-state index contributed by atoms with van der Waals surface area (Å²) in [5.74, 6) is 2.23. The molecule has 17 heavy (non-hydrogen) atoms. The second kappa shape index (κ2) is 3.12. The molecule has 88 valence electrons. The standard InChI is InChI=1S/C15H16O2/c16-14(15-5-3-12(15)9-15)8-10-1-2-13-11(7-10)4-6-17-13/h1-2,7,12H,3-6,8-9H2. The fourth-order valence-electron chi connectivity index (χ4n) is 3.47. The number of Topliss-reactive ketones (excluding diaryl/α,β-unsaturated/α-hetero) is 1. The van der Waals surface area contributed by atoms with Gasteiger partial charge in [0, 0.05) is 18.3 Å². The van der Waals surface area contributed by atoms with Crippen molar-refractivity contribution in [2.45, 2.75) is 32.1 Å². The minimum atomic E-state index is 0.134. The fourth-order valence-corrected chi connectivity index (χ4v) is 3.47. The van der Waals surface area contributed by atoms with Crippen LogP contribution in [0.4, 0.5) is 0 Å². The van der Waals surface area contributed by atoms with Gasteiger partial charge in [0.1, 0.15) is 11.5 Å². The molecular formula is C15H16O2. The Balaban J connectivity index is 1.54. The molecule has 1 aliphatic heterocycles. The molecule has 2 nitrogen and oxygen atoms in total. The van der Waals surface area contributed by atoms with Crippen molar-refractivity contribution in [1.29, 1.82) is 0 Å². The molecule has 0 N–H and O–H groups in total. The Labute approximate surface area is 101 Å². The van der Waals surface area contributed by atoms with Crippen molar-refractivity contribution in [3.63, 3.8) is 0 Å². The first-order chi connectivity index (χ1) is 8.28. The summed E-state index contributed by atoms with van der Waals surface area (Å²) in [4.78, 5) is 12.2. The summed E-state index contributed by atoms with van der Waals surface area (Å²) in [5, 5.41) is 0. The maximum absolute atomic E-state index is 12.2. The highest BCUT2D eigenvalue weighted by Crippen LogP contribution is 2.68. The summed E-state index contributed by atoms with van der Waals surface area (Å²) in [7, 11) is 0. The van der Waals surface area contributed by atoms with E-state index in [2.05, 4.69) is 12.1 Å². The number of ketones is 1. The van der Waals surface area contributed by atoms with Gasteiger partial charge in [0.25, 0.3) is 0 Å².